The van der Waals surface area contributed by atoms with Gasteiger partial charge in [0.1, 0.15) is 0 Å². The van der Waals surface area contributed by atoms with Crippen molar-refractivity contribution in [1.29, 1.82) is 0 Å². The fraction of sp³-hybridized carbons (Fsp3) is 0.571. The van der Waals surface area contributed by atoms with Crippen molar-refractivity contribution < 1.29 is 0 Å². The second-order valence-electron chi connectivity index (χ2n) is 4.31. The summed E-state index contributed by atoms with van der Waals surface area (Å²) in [5.74, 6) is 0. The van der Waals surface area contributed by atoms with Crippen LogP contribution in [0.1, 0.15) is 24.5 Å². The Balaban J connectivity index is 2.56. The lowest BCUT2D eigenvalue weighted by Gasteiger charge is -2.22. The van der Waals surface area contributed by atoms with Crippen LogP contribution in [-0.4, -0.2) is 31.6 Å². The van der Waals surface area contributed by atoms with E-state index in [0.29, 0.717) is 0 Å². The number of nitrogens with zero attached hydrogens (tertiary/aromatic N) is 1. The van der Waals surface area contributed by atoms with Crippen LogP contribution in [0.3, 0.4) is 0 Å². The first-order chi connectivity index (χ1) is 7.77. The van der Waals surface area contributed by atoms with Crippen molar-refractivity contribution in [1.82, 2.24) is 10.2 Å². The molecule has 0 saturated heterocycles. The predicted octanol–water partition coefficient (Wildman–Crippen LogP) is 2.43. The summed E-state index contributed by atoms with van der Waals surface area (Å²) in [6.45, 7) is 8.87. The molecule has 0 atom stereocenters. The number of benzene rings is 1. The van der Waals surface area contributed by atoms with Gasteiger partial charge in [-0.2, -0.15) is 0 Å². The molecule has 0 heterocycles. The summed E-state index contributed by atoms with van der Waals surface area (Å²) in [4.78, 5) is 2.51. The Bertz CT molecular complexity index is 297. The first-order valence-electron chi connectivity index (χ1n) is 6.19. The lowest BCUT2D eigenvalue weighted by Crippen LogP contribution is -2.31. The van der Waals surface area contributed by atoms with Crippen LogP contribution in [0.25, 0.3) is 0 Å². The molecule has 0 saturated carbocycles. The molecule has 0 amide bonds. The van der Waals surface area contributed by atoms with Crippen molar-refractivity contribution in [3.05, 3.63) is 35.4 Å². The number of nitrogens with one attached hydrogen (secondary N) is 1. The minimum absolute atomic E-state index is 1.06. The number of hydrogen-bond donors (Lipinski definition) is 1. The maximum atomic E-state index is 3.22. The highest BCUT2D eigenvalue weighted by Gasteiger charge is 2.05. The zero-order chi connectivity index (χ0) is 11.8. The monoisotopic (exact) mass is 220 g/mol. The van der Waals surface area contributed by atoms with Gasteiger partial charge in [-0.1, -0.05) is 31.2 Å². The molecule has 0 aliphatic rings. The standard InChI is InChI=1S/C14H24N2/c1-4-10-16(11-9-15-3)12-14-8-6-5-7-13(14)2/h5-8,15H,4,9-12H2,1-3H3. The number of hydrogen-bond acceptors (Lipinski definition) is 2. The highest BCUT2D eigenvalue weighted by atomic mass is 15.1. The third-order valence-corrected chi connectivity index (χ3v) is 2.87. The molecule has 0 unspecified atom stereocenters. The Morgan fingerprint density at radius 2 is 1.94 bits per heavy atom. The highest BCUT2D eigenvalue weighted by molar-refractivity contribution is 5.25. The van der Waals surface area contributed by atoms with E-state index < -0.39 is 0 Å². The van der Waals surface area contributed by atoms with Gasteiger partial charge in [0.05, 0.1) is 0 Å². The summed E-state index contributed by atoms with van der Waals surface area (Å²) in [7, 11) is 2.01. The Morgan fingerprint density at radius 1 is 1.19 bits per heavy atom. The highest BCUT2D eigenvalue weighted by Crippen LogP contribution is 2.10. The predicted molar refractivity (Wildman–Crippen MR) is 70.7 cm³/mol. The fourth-order valence-corrected chi connectivity index (χ4v) is 1.88. The minimum atomic E-state index is 1.06. The molecule has 0 spiro atoms. The van der Waals surface area contributed by atoms with Crippen molar-refractivity contribution in [2.45, 2.75) is 26.8 Å². The molecule has 0 aliphatic heterocycles. The second-order valence-corrected chi connectivity index (χ2v) is 4.31. The van der Waals surface area contributed by atoms with E-state index >= 15 is 0 Å². The van der Waals surface area contributed by atoms with Gasteiger partial charge in [-0.15, -0.1) is 0 Å². The van der Waals surface area contributed by atoms with E-state index in [-0.39, 0.29) is 0 Å². The molecule has 1 aromatic carbocycles. The molecule has 0 aliphatic carbocycles. The Morgan fingerprint density at radius 3 is 2.56 bits per heavy atom. The zero-order valence-corrected chi connectivity index (χ0v) is 10.8. The Hall–Kier alpha value is -0.860. The van der Waals surface area contributed by atoms with Crippen molar-refractivity contribution >= 4 is 0 Å². The molecule has 90 valence electrons. The zero-order valence-electron chi connectivity index (χ0n) is 10.8. The lowest BCUT2D eigenvalue weighted by atomic mass is 10.1. The van der Waals surface area contributed by atoms with Crippen LogP contribution in [0.4, 0.5) is 0 Å². The second kappa shape index (κ2) is 7.42. The van der Waals surface area contributed by atoms with Crippen molar-refractivity contribution in [2.24, 2.45) is 0 Å². The van der Waals surface area contributed by atoms with Crippen molar-refractivity contribution in [3.8, 4) is 0 Å². The van der Waals surface area contributed by atoms with Gasteiger partial charge in [0.25, 0.3) is 0 Å². The van der Waals surface area contributed by atoms with Crippen molar-refractivity contribution in [3.63, 3.8) is 0 Å². The summed E-state index contributed by atoms with van der Waals surface area (Å²) in [6.07, 6.45) is 1.22. The lowest BCUT2D eigenvalue weighted by molar-refractivity contribution is 0.267. The van der Waals surface area contributed by atoms with Gasteiger partial charge in [0, 0.05) is 19.6 Å². The largest absolute Gasteiger partial charge is 0.318 e. The van der Waals surface area contributed by atoms with Gasteiger partial charge in [-0.25, -0.2) is 0 Å². The van der Waals surface area contributed by atoms with E-state index in [1.807, 2.05) is 7.05 Å². The SMILES string of the molecule is CCCN(CCNC)Cc1ccccc1C. The van der Waals surface area contributed by atoms with Crippen LogP contribution < -0.4 is 5.32 Å². The third kappa shape index (κ3) is 4.33. The number of rotatable bonds is 7. The van der Waals surface area contributed by atoms with Crippen LogP contribution >= 0.6 is 0 Å². The average molecular weight is 220 g/mol. The Kier molecular flexibility index (Phi) is 6.12. The molecule has 2 nitrogen and oxygen atoms in total. The van der Waals surface area contributed by atoms with Gasteiger partial charge in [0.2, 0.25) is 0 Å². The van der Waals surface area contributed by atoms with Crippen LogP contribution in [0.5, 0.6) is 0 Å². The van der Waals surface area contributed by atoms with Crippen LogP contribution in [-0.2, 0) is 6.54 Å². The molecule has 0 bridgehead atoms. The van der Waals surface area contributed by atoms with Gasteiger partial charge < -0.3 is 5.32 Å². The van der Waals surface area contributed by atoms with Crippen molar-refractivity contribution in [2.75, 3.05) is 26.7 Å². The summed E-state index contributed by atoms with van der Waals surface area (Å²) in [5, 5.41) is 3.22. The van der Waals surface area contributed by atoms with E-state index in [9.17, 15) is 0 Å². The molecule has 1 aromatic rings. The molecule has 1 N–H and O–H groups in total. The first kappa shape index (κ1) is 13.2. The van der Waals surface area contributed by atoms with E-state index in [2.05, 4.69) is 48.3 Å². The third-order valence-electron chi connectivity index (χ3n) is 2.87. The van der Waals surface area contributed by atoms with Gasteiger partial charge in [-0.05, 0) is 38.1 Å². The Labute approximate surface area is 99.7 Å². The van der Waals surface area contributed by atoms with Gasteiger partial charge in [-0.3, -0.25) is 4.90 Å². The smallest absolute Gasteiger partial charge is 0.0236 e. The summed E-state index contributed by atoms with van der Waals surface area (Å²) in [5.41, 5.74) is 2.85. The van der Waals surface area contributed by atoms with Crippen LogP contribution in [0.2, 0.25) is 0 Å². The van der Waals surface area contributed by atoms with Crippen LogP contribution in [0, 0.1) is 6.92 Å². The van der Waals surface area contributed by atoms with E-state index in [4.69, 9.17) is 0 Å². The quantitative estimate of drug-likeness (QED) is 0.759. The van der Waals surface area contributed by atoms with E-state index in [0.717, 1.165) is 19.6 Å². The van der Waals surface area contributed by atoms with E-state index in [1.54, 1.807) is 0 Å². The summed E-state index contributed by atoms with van der Waals surface area (Å²) in [6, 6.07) is 8.66. The molecular formula is C14H24N2. The summed E-state index contributed by atoms with van der Waals surface area (Å²) < 4.78 is 0. The normalized spacial score (nSPS) is 11.0. The van der Waals surface area contributed by atoms with E-state index in [1.165, 1.54) is 24.1 Å². The van der Waals surface area contributed by atoms with Gasteiger partial charge in [0.15, 0.2) is 0 Å². The molecule has 1 rings (SSSR count). The first-order valence-corrected chi connectivity index (χ1v) is 6.19. The molecular weight excluding hydrogens is 196 g/mol. The summed E-state index contributed by atoms with van der Waals surface area (Å²) >= 11 is 0. The molecule has 16 heavy (non-hydrogen) atoms. The average Bonchev–Trinajstić information content (AvgIpc) is 2.29. The van der Waals surface area contributed by atoms with Gasteiger partial charge >= 0.3 is 0 Å². The fourth-order valence-electron chi connectivity index (χ4n) is 1.88. The number of likely N-dealkylation sites (N-methyl/N-ethyl adjacent to an activating group) is 1. The molecule has 0 radical (unpaired) electrons. The molecule has 0 aromatic heterocycles. The minimum Gasteiger partial charge on any atom is -0.318 e. The molecule has 2 heteroatoms. The topological polar surface area (TPSA) is 15.3 Å². The maximum Gasteiger partial charge on any atom is 0.0236 e. The number of aryl methyl sites for hydroxylation is 1. The van der Waals surface area contributed by atoms with Crippen LogP contribution in [0.15, 0.2) is 24.3 Å². The maximum absolute atomic E-state index is 3.22. The molecule has 0 fully saturated rings.